The summed E-state index contributed by atoms with van der Waals surface area (Å²) < 4.78 is 35.1. The SMILES string of the molecule is CCN(CC)c1ccc(NC(=O)c2cc3c(s2)CCCC3)cc1S(=O)(=O)Nc1ccccc1OC. The number of nitrogens with one attached hydrogen (secondary N) is 2. The Bertz CT molecular complexity index is 1290. The average Bonchev–Trinajstić information content (AvgIpc) is 3.30. The molecule has 0 saturated carbocycles. The molecule has 2 N–H and O–H groups in total. The zero-order chi connectivity index (χ0) is 25.0. The summed E-state index contributed by atoms with van der Waals surface area (Å²) in [5.41, 5.74) is 2.60. The van der Waals surface area contributed by atoms with Gasteiger partial charge in [-0.2, -0.15) is 0 Å². The van der Waals surface area contributed by atoms with Crippen LogP contribution in [0.25, 0.3) is 0 Å². The maximum atomic E-state index is 13.6. The maximum Gasteiger partial charge on any atom is 0.265 e. The summed E-state index contributed by atoms with van der Waals surface area (Å²) in [7, 11) is -2.49. The number of rotatable bonds is 9. The van der Waals surface area contributed by atoms with Crippen LogP contribution in [-0.2, 0) is 22.9 Å². The van der Waals surface area contributed by atoms with Gasteiger partial charge in [0.15, 0.2) is 0 Å². The highest BCUT2D eigenvalue weighted by Crippen LogP contribution is 2.34. The molecule has 1 heterocycles. The molecule has 7 nitrogen and oxygen atoms in total. The quantitative estimate of drug-likeness (QED) is 0.393. The number of carbonyl (C=O) groups excluding carboxylic acids is 1. The summed E-state index contributed by atoms with van der Waals surface area (Å²) in [6, 6.07) is 13.9. The van der Waals surface area contributed by atoms with E-state index >= 15 is 0 Å². The molecule has 4 rings (SSSR count). The first kappa shape index (κ1) is 25.1. The molecule has 0 aliphatic heterocycles. The molecule has 0 fully saturated rings. The third-order valence-electron chi connectivity index (χ3n) is 6.18. The van der Waals surface area contributed by atoms with Crippen LogP contribution in [0.2, 0.25) is 0 Å². The lowest BCUT2D eigenvalue weighted by Gasteiger charge is -2.25. The Morgan fingerprint density at radius 2 is 1.80 bits per heavy atom. The van der Waals surface area contributed by atoms with Crippen molar-refractivity contribution < 1.29 is 17.9 Å². The van der Waals surface area contributed by atoms with Crippen LogP contribution in [0.1, 0.15) is 46.8 Å². The number of amides is 1. The summed E-state index contributed by atoms with van der Waals surface area (Å²) >= 11 is 1.53. The molecule has 2 aromatic carbocycles. The molecular formula is C26H31N3O4S2. The molecule has 35 heavy (non-hydrogen) atoms. The van der Waals surface area contributed by atoms with Gasteiger partial charge in [0.05, 0.1) is 23.4 Å². The van der Waals surface area contributed by atoms with E-state index in [-0.39, 0.29) is 10.8 Å². The van der Waals surface area contributed by atoms with Crippen molar-refractivity contribution in [2.45, 2.75) is 44.4 Å². The predicted molar refractivity (Wildman–Crippen MR) is 143 cm³/mol. The Morgan fingerprint density at radius 1 is 1.06 bits per heavy atom. The van der Waals surface area contributed by atoms with Gasteiger partial charge in [0.25, 0.3) is 15.9 Å². The van der Waals surface area contributed by atoms with Crippen molar-refractivity contribution in [3.05, 3.63) is 63.8 Å². The van der Waals surface area contributed by atoms with Gasteiger partial charge in [-0.15, -0.1) is 11.3 Å². The third-order valence-corrected chi connectivity index (χ3v) is 8.81. The molecule has 0 spiro atoms. The first-order valence-corrected chi connectivity index (χ1v) is 14.1. The molecule has 1 aromatic heterocycles. The van der Waals surface area contributed by atoms with Crippen LogP contribution in [0.3, 0.4) is 0 Å². The fourth-order valence-corrected chi connectivity index (χ4v) is 6.83. The Labute approximate surface area is 211 Å². The van der Waals surface area contributed by atoms with Crippen molar-refractivity contribution >= 4 is 44.3 Å². The van der Waals surface area contributed by atoms with Crippen molar-refractivity contribution in [3.8, 4) is 5.75 Å². The lowest BCUT2D eigenvalue weighted by Crippen LogP contribution is -2.26. The lowest BCUT2D eigenvalue weighted by atomic mass is 9.99. The van der Waals surface area contributed by atoms with Gasteiger partial charge < -0.3 is 15.0 Å². The number of ether oxygens (including phenoxy) is 1. The molecule has 0 bridgehead atoms. The average molecular weight is 514 g/mol. The summed E-state index contributed by atoms with van der Waals surface area (Å²) in [5, 5.41) is 2.90. The van der Waals surface area contributed by atoms with Gasteiger partial charge in [0.1, 0.15) is 10.6 Å². The number of aryl methyl sites for hydroxylation is 2. The molecule has 0 unspecified atom stereocenters. The normalized spacial score (nSPS) is 13.1. The molecular weight excluding hydrogens is 482 g/mol. The van der Waals surface area contributed by atoms with E-state index in [9.17, 15) is 13.2 Å². The Kier molecular flexibility index (Phi) is 7.66. The van der Waals surface area contributed by atoms with Crippen molar-refractivity contribution in [2.75, 3.05) is 35.1 Å². The molecule has 1 aliphatic carbocycles. The smallest absolute Gasteiger partial charge is 0.265 e. The van der Waals surface area contributed by atoms with Gasteiger partial charge in [0.2, 0.25) is 0 Å². The molecule has 0 atom stereocenters. The highest BCUT2D eigenvalue weighted by atomic mass is 32.2. The first-order valence-electron chi connectivity index (χ1n) is 11.8. The predicted octanol–water partition coefficient (Wildman–Crippen LogP) is 5.53. The Morgan fingerprint density at radius 3 is 2.51 bits per heavy atom. The zero-order valence-corrected chi connectivity index (χ0v) is 21.9. The highest BCUT2D eigenvalue weighted by molar-refractivity contribution is 7.93. The van der Waals surface area contributed by atoms with Crippen molar-refractivity contribution in [1.82, 2.24) is 0 Å². The number of hydrogen-bond acceptors (Lipinski definition) is 6. The van der Waals surface area contributed by atoms with E-state index < -0.39 is 10.0 Å². The number of thiophene rings is 1. The molecule has 0 radical (unpaired) electrons. The number of benzene rings is 2. The minimum atomic E-state index is -3.99. The van der Waals surface area contributed by atoms with Gasteiger partial charge in [-0.3, -0.25) is 9.52 Å². The number of fused-ring (bicyclic) bond motifs is 1. The van der Waals surface area contributed by atoms with Crippen LogP contribution in [0.5, 0.6) is 5.75 Å². The second kappa shape index (κ2) is 10.7. The topological polar surface area (TPSA) is 87.7 Å². The summed E-state index contributed by atoms with van der Waals surface area (Å²) in [6.07, 6.45) is 4.33. The van der Waals surface area contributed by atoms with Crippen LogP contribution < -0.4 is 19.7 Å². The van der Waals surface area contributed by atoms with Gasteiger partial charge in [-0.1, -0.05) is 12.1 Å². The number of anilines is 3. The van der Waals surface area contributed by atoms with Crippen LogP contribution >= 0.6 is 11.3 Å². The van der Waals surface area contributed by atoms with E-state index in [4.69, 9.17) is 4.74 Å². The minimum absolute atomic E-state index is 0.0929. The Balaban J connectivity index is 1.68. The second-order valence-corrected chi connectivity index (χ2v) is 11.2. The van der Waals surface area contributed by atoms with Crippen molar-refractivity contribution in [3.63, 3.8) is 0 Å². The Hall–Kier alpha value is -3.04. The standard InChI is InChI=1S/C26H31N3O4S2/c1-4-29(5-2)21-15-14-19(27-26(30)24-16-18-10-6-9-13-23(18)34-24)17-25(21)35(31,32)28-20-11-7-8-12-22(20)33-3/h7-8,11-12,14-17,28H,4-6,9-10,13H2,1-3H3,(H,27,30). The van der Waals surface area contributed by atoms with Crippen LogP contribution in [0.4, 0.5) is 17.1 Å². The lowest BCUT2D eigenvalue weighted by molar-refractivity contribution is 0.103. The van der Waals surface area contributed by atoms with Crippen LogP contribution in [-0.4, -0.2) is 34.5 Å². The largest absolute Gasteiger partial charge is 0.495 e. The van der Waals surface area contributed by atoms with Crippen LogP contribution in [0.15, 0.2) is 53.4 Å². The number of methoxy groups -OCH3 is 1. The van der Waals surface area contributed by atoms with Crippen LogP contribution in [0, 0.1) is 0 Å². The zero-order valence-electron chi connectivity index (χ0n) is 20.3. The second-order valence-electron chi connectivity index (χ2n) is 8.38. The van der Waals surface area contributed by atoms with Gasteiger partial charge in [0, 0.05) is 23.7 Å². The van der Waals surface area contributed by atoms with E-state index in [2.05, 4.69) is 10.0 Å². The molecule has 0 saturated heterocycles. The van der Waals surface area contributed by atoms with E-state index in [1.54, 1.807) is 36.4 Å². The molecule has 186 valence electrons. The maximum absolute atomic E-state index is 13.6. The van der Waals surface area contributed by atoms with Crippen molar-refractivity contribution in [2.24, 2.45) is 0 Å². The van der Waals surface area contributed by atoms with Crippen molar-refractivity contribution in [1.29, 1.82) is 0 Å². The third kappa shape index (κ3) is 5.46. The first-order chi connectivity index (χ1) is 16.9. The summed E-state index contributed by atoms with van der Waals surface area (Å²) in [6.45, 7) is 5.23. The van der Waals surface area contributed by atoms with E-state index in [1.807, 2.05) is 24.8 Å². The fourth-order valence-electron chi connectivity index (χ4n) is 4.36. The van der Waals surface area contributed by atoms with Gasteiger partial charge >= 0.3 is 0 Å². The number of nitrogens with zero attached hydrogens (tertiary/aromatic N) is 1. The number of carbonyl (C=O) groups is 1. The van der Waals surface area contributed by atoms with E-state index in [1.165, 1.54) is 35.0 Å². The number of para-hydroxylation sites is 2. The number of sulfonamides is 1. The molecule has 3 aromatic rings. The highest BCUT2D eigenvalue weighted by Gasteiger charge is 2.24. The molecule has 9 heteroatoms. The molecule has 1 amide bonds. The van der Waals surface area contributed by atoms with E-state index in [0.717, 1.165) is 25.7 Å². The van der Waals surface area contributed by atoms with Gasteiger partial charge in [-0.25, -0.2) is 8.42 Å². The number of hydrogen-bond donors (Lipinski definition) is 2. The van der Waals surface area contributed by atoms with Gasteiger partial charge in [-0.05, 0) is 81.5 Å². The summed E-state index contributed by atoms with van der Waals surface area (Å²) in [5.74, 6) is 0.201. The minimum Gasteiger partial charge on any atom is -0.495 e. The molecule has 1 aliphatic rings. The van der Waals surface area contributed by atoms with E-state index in [0.29, 0.717) is 40.8 Å². The summed E-state index contributed by atoms with van der Waals surface area (Å²) in [4.78, 5) is 17.0. The monoisotopic (exact) mass is 513 g/mol. The fraction of sp³-hybridized carbons (Fsp3) is 0.346.